The Morgan fingerprint density at radius 2 is 2.11 bits per heavy atom. The van der Waals surface area contributed by atoms with Crippen molar-refractivity contribution < 1.29 is 8.42 Å². The average molecular weight is 300 g/mol. The SMILES string of the molecule is Cc1csc(CN)c1S(=O)(=O)Nc1c(C)n[nH]c1C. The van der Waals surface area contributed by atoms with Crippen LogP contribution in [0.2, 0.25) is 0 Å². The van der Waals surface area contributed by atoms with Gasteiger partial charge in [-0.1, -0.05) is 0 Å². The maximum Gasteiger partial charge on any atom is 0.263 e. The zero-order chi connectivity index (χ0) is 14.2. The first-order valence-electron chi connectivity index (χ1n) is 5.68. The molecular formula is C11H16N4O2S2. The van der Waals surface area contributed by atoms with Gasteiger partial charge < -0.3 is 5.73 Å². The standard InChI is InChI=1S/C11H16N4O2S2/c1-6-5-18-9(4-12)11(6)19(16,17)15-10-7(2)13-14-8(10)3/h5,15H,4,12H2,1-3H3,(H,13,14). The van der Waals surface area contributed by atoms with Crippen LogP contribution in [0.1, 0.15) is 21.8 Å². The molecule has 2 aromatic rings. The van der Waals surface area contributed by atoms with Crippen molar-refractivity contribution in [2.75, 3.05) is 4.72 Å². The lowest BCUT2D eigenvalue weighted by Crippen LogP contribution is -2.16. The van der Waals surface area contributed by atoms with Gasteiger partial charge in [0.2, 0.25) is 0 Å². The van der Waals surface area contributed by atoms with Crippen LogP contribution in [0.5, 0.6) is 0 Å². The highest BCUT2D eigenvalue weighted by Gasteiger charge is 2.24. The minimum Gasteiger partial charge on any atom is -0.326 e. The highest BCUT2D eigenvalue weighted by molar-refractivity contribution is 7.93. The Bertz CT molecular complexity index is 681. The van der Waals surface area contributed by atoms with Crippen LogP contribution in [0, 0.1) is 20.8 Å². The van der Waals surface area contributed by atoms with Crippen molar-refractivity contribution in [3.63, 3.8) is 0 Å². The van der Waals surface area contributed by atoms with Crippen molar-refractivity contribution in [1.82, 2.24) is 10.2 Å². The van der Waals surface area contributed by atoms with E-state index in [1.807, 2.05) is 0 Å². The largest absolute Gasteiger partial charge is 0.326 e. The molecule has 0 aromatic carbocycles. The van der Waals surface area contributed by atoms with Gasteiger partial charge in [0, 0.05) is 11.4 Å². The first kappa shape index (κ1) is 14.0. The van der Waals surface area contributed by atoms with Crippen LogP contribution < -0.4 is 10.5 Å². The second kappa shape index (κ2) is 4.95. The molecule has 0 unspecified atom stereocenters. The van der Waals surface area contributed by atoms with Gasteiger partial charge in [-0.05, 0) is 31.7 Å². The molecule has 0 saturated heterocycles. The van der Waals surface area contributed by atoms with Crippen molar-refractivity contribution in [3.8, 4) is 0 Å². The molecule has 0 atom stereocenters. The van der Waals surface area contributed by atoms with E-state index >= 15 is 0 Å². The van der Waals surface area contributed by atoms with Gasteiger partial charge in [0.1, 0.15) is 4.90 Å². The number of thiophene rings is 1. The van der Waals surface area contributed by atoms with Crippen LogP contribution in [0.3, 0.4) is 0 Å². The smallest absolute Gasteiger partial charge is 0.263 e. The summed E-state index contributed by atoms with van der Waals surface area (Å²) in [5.74, 6) is 0. The fraction of sp³-hybridized carbons (Fsp3) is 0.364. The molecule has 4 N–H and O–H groups in total. The van der Waals surface area contributed by atoms with E-state index in [1.54, 1.807) is 26.2 Å². The molecule has 2 rings (SSSR count). The third-order valence-electron chi connectivity index (χ3n) is 2.81. The van der Waals surface area contributed by atoms with Gasteiger partial charge in [0.05, 0.1) is 17.1 Å². The number of hydrogen-bond acceptors (Lipinski definition) is 5. The molecule has 104 valence electrons. The molecule has 6 nitrogen and oxygen atoms in total. The highest BCUT2D eigenvalue weighted by atomic mass is 32.2. The Balaban J connectivity index is 2.47. The Morgan fingerprint density at radius 3 is 2.63 bits per heavy atom. The molecule has 8 heteroatoms. The summed E-state index contributed by atoms with van der Waals surface area (Å²) in [4.78, 5) is 0.934. The summed E-state index contributed by atoms with van der Waals surface area (Å²) >= 11 is 1.36. The fourth-order valence-electron chi connectivity index (χ4n) is 1.88. The van der Waals surface area contributed by atoms with Crippen LogP contribution in [-0.4, -0.2) is 18.6 Å². The lowest BCUT2D eigenvalue weighted by atomic mass is 10.3. The van der Waals surface area contributed by atoms with Gasteiger partial charge in [0.25, 0.3) is 10.0 Å². The van der Waals surface area contributed by atoms with E-state index in [2.05, 4.69) is 14.9 Å². The number of nitrogens with one attached hydrogen (secondary N) is 2. The second-order valence-electron chi connectivity index (χ2n) is 4.29. The molecule has 2 heterocycles. The van der Waals surface area contributed by atoms with Crippen LogP contribution in [0.15, 0.2) is 10.3 Å². The van der Waals surface area contributed by atoms with Crippen molar-refractivity contribution in [1.29, 1.82) is 0 Å². The van der Waals surface area contributed by atoms with E-state index in [4.69, 9.17) is 5.73 Å². The van der Waals surface area contributed by atoms with Crippen molar-refractivity contribution in [2.45, 2.75) is 32.2 Å². The number of nitrogens with zero attached hydrogens (tertiary/aromatic N) is 1. The summed E-state index contributed by atoms with van der Waals surface area (Å²) in [6.45, 7) is 5.48. The van der Waals surface area contributed by atoms with Gasteiger partial charge in [-0.2, -0.15) is 5.10 Å². The highest BCUT2D eigenvalue weighted by Crippen LogP contribution is 2.29. The van der Waals surface area contributed by atoms with Crippen LogP contribution in [0.25, 0.3) is 0 Å². The van der Waals surface area contributed by atoms with Gasteiger partial charge in [-0.15, -0.1) is 11.3 Å². The summed E-state index contributed by atoms with van der Waals surface area (Å²) in [5, 5.41) is 8.52. The topological polar surface area (TPSA) is 101 Å². The predicted molar refractivity (Wildman–Crippen MR) is 75.8 cm³/mol. The zero-order valence-corrected chi connectivity index (χ0v) is 12.6. The van der Waals surface area contributed by atoms with Crippen LogP contribution >= 0.6 is 11.3 Å². The fourth-order valence-corrected chi connectivity index (χ4v) is 4.76. The number of rotatable bonds is 4. The Hall–Kier alpha value is -1.38. The van der Waals surface area contributed by atoms with Crippen LogP contribution in [0.4, 0.5) is 5.69 Å². The van der Waals surface area contributed by atoms with E-state index in [0.29, 0.717) is 27.5 Å². The Kier molecular flexibility index (Phi) is 3.66. The molecule has 0 bridgehead atoms. The number of nitrogens with two attached hydrogens (primary N) is 1. The third-order valence-corrected chi connectivity index (χ3v) is 5.64. The summed E-state index contributed by atoms with van der Waals surface area (Å²) in [7, 11) is -3.64. The number of anilines is 1. The Morgan fingerprint density at radius 1 is 1.42 bits per heavy atom. The van der Waals surface area contributed by atoms with Gasteiger partial charge in [-0.25, -0.2) is 8.42 Å². The molecule has 2 aromatic heterocycles. The summed E-state index contributed by atoms with van der Waals surface area (Å²) < 4.78 is 27.5. The summed E-state index contributed by atoms with van der Waals surface area (Å²) in [5.41, 5.74) is 8.09. The minimum absolute atomic E-state index is 0.206. The maximum absolute atomic E-state index is 12.5. The van der Waals surface area contributed by atoms with Crippen LogP contribution in [-0.2, 0) is 16.6 Å². The third kappa shape index (κ3) is 2.51. The number of hydrogen-bond donors (Lipinski definition) is 3. The van der Waals surface area contributed by atoms with Crippen molar-refractivity contribution in [2.24, 2.45) is 5.73 Å². The van der Waals surface area contributed by atoms with Crippen molar-refractivity contribution in [3.05, 3.63) is 27.2 Å². The molecule has 0 saturated carbocycles. The predicted octanol–water partition coefficient (Wildman–Crippen LogP) is 1.66. The molecule has 0 aliphatic heterocycles. The van der Waals surface area contributed by atoms with E-state index in [-0.39, 0.29) is 11.4 Å². The zero-order valence-electron chi connectivity index (χ0n) is 10.9. The lowest BCUT2D eigenvalue weighted by Gasteiger charge is -2.09. The molecule has 0 radical (unpaired) electrons. The molecule has 0 aliphatic rings. The van der Waals surface area contributed by atoms with E-state index in [9.17, 15) is 8.42 Å². The Labute approximate surface area is 116 Å². The number of aromatic nitrogens is 2. The van der Waals surface area contributed by atoms with Crippen molar-refractivity contribution >= 4 is 27.0 Å². The molecule has 0 aliphatic carbocycles. The molecular weight excluding hydrogens is 284 g/mol. The van der Waals surface area contributed by atoms with E-state index in [0.717, 1.165) is 0 Å². The summed E-state index contributed by atoms with van der Waals surface area (Å²) in [6, 6.07) is 0. The minimum atomic E-state index is -3.64. The molecule has 19 heavy (non-hydrogen) atoms. The average Bonchev–Trinajstić information content (AvgIpc) is 2.86. The summed E-state index contributed by atoms with van der Waals surface area (Å²) in [6.07, 6.45) is 0. The number of sulfonamides is 1. The molecule has 0 amide bonds. The first-order valence-corrected chi connectivity index (χ1v) is 8.04. The number of aromatic amines is 1. The second-order valence-corrected chi connectivity index (χ2v) is 6.87. The lowest BCUT2D eigenvalue weighted by molar-refractivity contribution is 0.600. The molecule has 0 fully saturated rings. The normalized spacial score (nSPS) is 11.8. The maximum atomic E-state index is 12.5. The quantitative estimate of drug-likeness (QED) is 0.799. The van der Waals surface area contributed by atoms with Gasteiger partial charge in [-0.3, -0.25) is 9.82 Å². The van der Waals surface area contributed by atoms with Gasteiger partial charge in [0.15, 0.2) is 0 Å². The monoisotopic (exact) mass is 300 g/mol. The van der Waals surface area contributed by atoms with Gasteiger partial charge >= 0.3 is 0 Å². The first-order chi connectivity index (χ1) is 8.86. The van der Waals surface area contributed by atoms with E-state index in [1.165, 1.54) is 11.3 Å². The van der Waals surface area contributed by atoms with E-state index < -0.39 is 10.0 Å². The molecule has 0 spiro atoms. The number of H-pyrrole nitrogens is 1. The number of aryl methyl sites for hydroxylation is 3.